The van der Waals surface area contributed by atoms with Gasteiger partial charge >= 0.3 is 0 Å². The Labute approximate surface area is 163 Å². The van der Waals surface area contributed by atoms with Crippen molar-refractivity contribution in [1.82, 2.24) is 0 Å². The molecule has 0 atom stereocenters. The lowest BCUT2D eigenvalue weighted by Crippen LogP contribution is -2.30. The van der Waals surface area contributed by atoms with Crippen LogP contribution in [0.25, 0.3) is 0 Å². The van der Waals surface area contributed by atoms with Crippen LogP contribution in [0.1, 0.15) is 33.2 Å². The number of aryl methyl sites for hydroxylation is 1. The summed E-state index contributed by atoms with van der Waals surface area (Å²) in [6.45, 7) is 4.43. The number of nitrogens with one attached hydrogen (secondary N) is 1. The lowest BCUT2D eigenvalue weighted by molar-refractivity contribution is 0.0985. The van der Waals surface area contributed by atoms with E-state index in [4.69, 9.17) is 0 Å². The molecule has 1 N–H and O–H groups in total. The zero-order valence-electron chi connectivity index (χ0n) is 15.8. The molecule has 0 saturated heterocycles. The van der Waals surface area contributed by atoms with Gasteiger partial charge in [0.1, 0.15) is 5.82 Å². The summed E-state index contributed by atoms with van der Waals surface area (Å²) < 4.78 is 13.2. The van der Waals surface area contributed by atoms with Crippen molar-refractivity contribution in [3.05, 3.63) is 95.3 Å². The van der Waals surface area contributed by atoms with Crippen molar-refractivity contribution >= 4 is 23.2 Å². The Morgan fingerprint density at radius 2 is 1.61 bits per heavy atom. The van der Waals surface area contributed by atoms with Crippen molar-refractivity contribution in [3.63, 3.8) is 0 Å². The molecular formula is C23H21FN2O2. The first-order valence-corrected chi connectivity index (χ1v) is 9.03. The number of hydrogen-bond acceptors (Lipinski definition) is 2. The van der Waals surface area contributed by atoms with Gasteiger partial charge in [0.05, 0.1) is 0 Å². The number of amides is 2. The molecule has 2 amide bonds. The molecule has 4 nitrogen and oxygen atoms in total. The highest BCUT2D eigenvalue weighted by atomic mass is 19.1. The van der Waals surface area contributed by atoms with E-state index in [-0.39, 0.29) is 11.8 Å². The lowest BCUT2D eigenvalue weighted by Gasteiger charge is -2.21. The minimum absolute atomic E-state index is 0.134. The number of benzene rings is 3. The average Bonchev–Trinajstić information content (AvgIpc) is 2.68. The number of anilines is 2. The van der Waals surface area contributed by atoms with Crippen molar-refractivity contribution < 1.29 is 14.0 Å². The van der Waals surface area contributed by atoms with Crippen LogP contribution >= 0.6 is 0 Å². The van der Waals surface area contributed by atoms with Gasteiger partial charge in [-0.25, -0.2) is 4.39 Å². The highest BCUT2D eigenvalue weighted by Crippen LogP contribution is 2.19. The van der Waals surface area contributed by atoms with E-state index in [1.165, 1.54) is 18.2 Å². The van der Waals surface area contributed by atoms with Crippen molar-refractivity contribution in [2.75, 3.05) is 16.8 Å². The number of carbonyl (C=O) groups excluding carboxylic acids is 2. The fraction of sp³-hybridized carbons (Fsp3) is 0.130. The summed E-state index contributed by atoms with van der Waals surface area (Å²) in [5.41, 5.74) is 3.17. The van der Waals surface area contributed by atoms with Crippen molar-refractivity contribution in [3.8, 4) is 0 Å². The maximum atomic E-state index is 13.2. The summed E-state index contributed by atoms with van der Waals surface area (Å²) in [6.07, 6.45) is 0. The molecule has 142 valence electrons. The molecule has 28 heavy (non-hydrogen) atoms. The molecule has 0 fully saturated rings. The van der Waals surface area contributed by atoms with Crippen LogP contribution in [0.2, 0.25) is 0 Å². The van der Waals surface area contributed by atoms with E-state index in [2.05, 4.69) is 5.32 Å². The van der Waals surface area contributed by atoms with Gasteiger partial charge in [-0.1, -0.05) is 18.2 Å². The molecule has 0 bridgehead atoms. The highest BCUT2D eigenvalue weighted by molar-refractivity contribution is 6.08. The molecule has 0 unspecified atom stereocenters. The molecule has 0 saturated carbocycles. The van der Waals surface area contributed by atoms with Gasteiger partial charge in [-0.15, -0.1) is 0 Å². The van der Waals surface area contributed by atoms with Crippen molar-refractivity contribution in [2.24, 2.45) is 0 Å². The molecule has 0 heterocycles. The topological polar surface area (TPSA) is 49.4 Å². The number of carbonyl (C=O) groups is 2. The summed E-state index contributed by atoms with van der Waals surface area (Å²) in [7, 11) is 0. The first-order valence-electron chi connectivity index (χ1n) is 9.03. The quantitative estimate of drug-likeness (QED) is 0.677. The maximum absolute atomic E-state index is 13.2. The zero-order valence-corrected chi connectivity index (χ0v) is 15.8. The molecule has 0 aliphatic rings. The highest BCUT2D eigenvalue weighted by Gasteiger charge is 2.17. The van der Waals surface area contributed by atoms with Gasteiger partial charge in [-0.3, -0.25) is 9.59 Å². The van der Waals surface area contributed by atoms with Crippen LogP contribution in [0, 0.1) is 12.7 Å². The van der Waals surface area contributed by atoms with Crippen LogP contribution in [0.3, 0.4) is 0 Å². The average molecular weight is 376 g/mol. The molecular weight excluding hydrogens is 355 g/mol. The number of rotatable bonds is 5. The summed E-state index contributed by atoms with van der Waals surface area (Å²) in [4.78, 5) is 26.9. The van der Waals surface area contributed by atoms with E-state index in [0.717, 1.165) is 11.3 Å². The van der Waals surface area contributed by atoms with E-state index < -0.39 is 5.82 Å². The Bertz CT molecular complexity index is 999. The van der Waals surface area contributed by atoms with Crippen LogP contribution in [0.5, 0.6) is 0 Å². The molecule has 5 heteroatoms. The lowest BCUT2D eigenvalue weighted by atomic mass is 10.1. The van der Waals surface area contributed by atoms with Crippen LogP contribution in [-0.4, -0.2) is 18.4 Å². The predicted molar refractivity (Wildman–Crippen MR) is 109 cm³/mol. The van der Waals surface area contributed by atoms with Crippen LogP contribution in [0.4, 0.5) is 15.8 Å². The second kappa shape index (κ2) is 8.48. The second-order valence-corrected chi connectivity index (χ2v) is 6.43. The zero-order chi connectivity index (χ0) is 20.1. The fourth-order valence-electron chi connectivity index (χ4n) is 2.93. The first kappa shape index (κ1) is 19.3. The van der Waals surface area contributed by atoms with Crippen LogP contribution in [0.15, 0.2) is 72.8 Å². The SMILES string of the molecule is CCN(C(=O)c1ccc(C(=O)Nc2cccc(F)c2)cc1)c1cccc(C)c1. The normalized spacial score (nSPS) is 10.4. The van der Waals surface area contributed by atoms with E-state index >= 15 is 0 Å². The largest absolute Gasteiger partial charge is 0.322 e. The van der Waals surface area contributed by atoms with E-state index in [1.54, 1.807) is 35.2 Å². The van der Waals surface area contributed by atoms with Crippen LogP contribution < -0.4 is 10.2 Å². The van der Waals surface area contributed by atoms with E-state index in [9.17, 15) is 14.0 Å². The smallest absolute Gasteiger partial charge is 0.258 e. The van der Waals surface area contributed by atoms with Crippen molar-refractivity contribution in [2.45, 2.75) is 13.8 Å². The third kappa shape index (κ3) is 4.43. The Kier molecular flexibility index (Phi) is 5.84. The van der Waals surface area contributed by atoms with Gasteiger partial charge in [0.2, 0.25) is 0 Å². The summed E-state index contributed by atoms with van der Waals surface area (Å²) in [5.74, 6) is -0.921. The summed E-state index contributed by atoms with van der Waals surface area (Å²) >= 11 is 0. The van der Waals surface area contributed by atoms with E-state index in [0.29, 0.717) is 23.4 Å². The first-order chi connectivity index (χ1) is 13.5. The number of nitrogens with zero attached hydrogens (tertiary/aromatic N) is 1. The Morgan fingerprint density at radius 1 is 0.929 bits per heavy atom. The molecule has 0 radical (unpaired) electrons. The number of halogens is 1. The monoisotopic (exact) mass is 376 g/mol. The summed E-state index contributed by atoms with van der Waals surface area (Å²) in [6, 6.07) is 19.9. The third-order valence-electron chi connectivity index (χ3n) is 4.35. The van der Waals surface area contributed by atoms with Crippen LogP contribution in [-0.2, 0) is 0 Å². The molecule has 3 aromatic carbocycles. The van der Waals surface area contributed by atoms with E-state index in [1.807, 2.05) is 38.1 Å². The minimum atomic E-state index is -0.422. The Morgan fingerprint density at radius 3 is 2.25 bits per heavy atom. The summed E-state index contributed by atoms with van der Waals surface area (Å²) in [5, 5.41) is 2.64. The number of hydrogen-bond donors (Lipinski definition) is 1. The standard InChI is InChI=1S/C23H21FN2O2/c1-3-26(21-9-4-6-16(2)14-21)23(28)18-12-10-17(11-13-18)22(27)25-20-8-5-7-19(24)15-20/h4-15H,3H2,1-2H3,(H,25,27). The molecule has 0 aromatic heterocycles. The van der Waals surface area contributed by atoms with Gasteiger partial charge in [0.15, 0.2) is 0 Å². The maximum Gasteiger partial charge on any atom is 0.258 e. The van der Waals surface area contributed by atoms with Gasteiger partial charge < -0.3 is 10.2 Å². The fourth-order valence-corrected chi connectivity index (χ4v) is 2.93. The van der Waals surface area contributed by atoms with Gasteiger partial charge in [0.25, 0.3) is 11.8 Å². The Balaban J connectivity index is 1.75. The molecule has 0 spiro atoms. The predicted octanol–water partition coefficient (Wildman–Crippen LogP) is 5.05. The molecule has 3 rings (SSSR count). The van der Waals surface area contributed by atoms with Gasteiger partial charge in [-0.05, 0) is 74.0 Å². The molecule has 0 aliphatic carbocycles. The van der Waals surface area contributed by atoms with Crippen molar-refractivity contribution in [1.29, 1.82) is 0 Å². The van der Waals surface area contributed by atoms with Gasteiger partial charge in [-0.2, -0.15) is 0 Å². The Hall–Kier alpha value is -3.47. The minimum Gasteiger partial charge on any atom is -0.322 e. The third-order valence-corrected chi connectivity index (χ3v) is 4.35. The van der Waals surface area contributed by atoms with Gasteiger partial charge in [0, 0.05) is 29.0 Å². The molecule has 0 aliphatic heterocycles. The molecule has 3 aromatic rings. The second-order valence-electron chi connectivity index (χ2n) is 6.43.